The van der Waals surface area contributed by atoms with Crippen molar-refractivity contribution in [3.05, 3.63) is 113 Å². The molecule has 0 bridgehead atoms. The van der Waals surface area contributed by atoms with Crippen molar-refractivity contribution >= 4 is 34.3 Å². The molecule has 3 aromatic carbocycles. The van der Waals surface area contributed by atoms with Crippen LogP contribution < -0.4 is 4.90 Å². The van der Waals surface area contributed by atoms with Crippen molar-refractivity contribution in [1.29, 1.82) is 0 Å². The minimum Gasteiger partial charge on any atom is -0.503 e. The second-order valence-corrected chi connectivity index (χ2v) is 8.65. The van der Waals surface area contributed by atoms with E-state index >= 15 is 0 Å². The predicted molar refractivity (Wildman–Crippen MR) is 134 cm³/mol. The topological polar surface area (TPSA) is 97.0 Å². The van der Waals surface area contributed by atoms with Gasteiger partial charge in [0.2, 0.25) is 5.78 Å². The van der Waals surface area contributed by atoms with Gasteiger partial charge in [-0.15, -0.1) is 0 Å². The Morgan fingerprint density at radius 3 is 2.44 bits per heavy atom. The van der Waals surface area contributed by atoms with Gasteiger partial charge in [-0.2, -0.15) is 0 Å². The maximum absolute atomic E-state index is 13.7. The van der Waals surface area contributed by atoms with Crippen molar-refractivity contribution in [3.63, 3.8) is 0 Å². The van der Waals surface area contributed by atoms with E-state index in [0.717, 1.165) is 10.9 Å². The quantitative estimate of drug-likeness (QED) is 0.299. The molecule has 4 aromatic rings. The molecule has 0 saturated heterocycles. The van der Waals surface area contributed by atoms with Crippen LogP contribution in [0.3, 0.4) is 0 Å². The zero-order valence-electron chi connectivity index (χ0n) is 19.7. The highest BCUT2D eigenvalue weighted by atomic mass is 16.5. The number of ether oxygens (including phenoxy) is 1. The number of benzene rings is 3. The van der Waals surface area contributed by atoms with Gasteiger partial charge < -0.3 is 14.3 Å². The van der Waals surface area contributed by atoms with E-state index in [0.29, 0.717) is 22.4 Å². The molecule has 36 heavy (non-hydrogen) atoms. The lowest BCUT2D eigenvalue weighted by atomic mass is 9.93. The van der Waals surface area contributed by atoms with Crippen LogP contribution in [0.2, 0.25) is 0 Å². The van der Waals surface area contributed by atoms with E-state index in [1.54, 1.807) is 42.5 Å². The van der Waals surface area contributed by atoms with Gasteiger partial charge >= 0.3 is 5.97 Å². The van der Waals surface area contributed by atoms with Gasteiger partial charge in [0.1, 0.15) is 5.58 Å². The summed E-state index contributed by atoms with van der Waals surface area (Å²) in [5.41, 5.74) is 3.28. The maximum atomic E-state index is 13.7. The highest BCUT2D eigenvalue weighted by Crippen LogP contribution is 2.42. The van der Waals surface area contributed by atoms with Crippen LogP contribution >= 0.6 is 0 Å². The number of hydrogen-bond acceptors (Lipinski definition) is 6. The lowest BCUT2D eigenvalue weighted by Crippen LogP contribution is -2.31. The maximum Gasteiger partial charge on any atom is 0.309 e. The fourth-order valence-electron chi connectivity index (χ4n) is 4.50. The molecule has 180 valence electrons. The normalized spacial score (nSPS) is 15.6. The Balaban J connectivity index is 1.59. The lowest BCUT2D eigenvalue weighted by molar-refractivity contribution is -0.139. The number of para-hydroxylation sites is 1. The number of anilines is 1. The first-order valence-electron chi connectivity index (χ1n) is 11.4. The number of Topliss-reactive ketones (excluding diaryl/α,β-unsaturated/α-hetero) is 1. The van der Waals surface area contributed by atoms with Crippen LogP contribution in [0.5, 0.6) is 0 Å². The fraction of sp³-hybridized carbons (Fsp3) is 0.138. The standard InChI is InChI=1S/C29H23NO6/c1-17-6-5-8-20(14-17)26-25(27(32)23-16-19-7-3-4-9-22(19)36-23)28(33)29(34)30(26)21-12-10-18(11-13-21)15-24(31)35-2/h3-14,16,26,33H,15H2,1-2H3. The second kappa shape index (κ2) is 9.19. The summed E-state index contributed by atoms with van der Waals surface area (Å²) in [4.78, 5) is 40.1. The van der Waals surface area contributed by atoms with Gasteiger partial charge in [0.05, 0.1) is 25.1 Å². The van der Waals surface area contributed by atoms with Crippen molar-refractivity contribution in [2.75, 3.05) is 12.0 Å². The molecule has 1 aromatic heterocycles. The summed E-state index contributed by atoms with van der Waals surface area (Å²) >= 11 is 0. The number of methoxy groups -OCH3 is 1. The van der Waals surface area contributed by atoms with Crippen molar-refractivity contribution in [2.24, 2.45) is 0 Å². The number of furan rings is 1. The third kappa shape index (κ3) is 4.05. The molecular formula is C29H23NO6. The number of hydrogen-bond donors (Lipinski definition) is 1. The summed E-state index contributed by atoms with van der Waals surface area (Å²) in [6.45, 7) is 1.91. The Morgan fingerprint density at radius 1 is 1.00 bits per heavy atom. The zero-order chi connectivity index (χ0) is 25.4. The van der Waals surface area contributed by atoms with Gasteiger partial charge in [-0.1, -0.05) is 60.2 Å². The number of rotatable bonds is 6. The predicted octanol–water partition coefficient (Wildman–Crippen LogP) is 5.24. The molecule has 0 aliphatic carbocycles. The van der Waals surface area contributed by atoms with Crippen LogP contribution in [0.25, 0.3) is 11.0 Å². The van der Waals surface area contributed by atoms with Gasteiger partial charge in [0.25, 0.3) is 5.91 Å². The number of amides is 1. The van der Waals surface area contributed by atoms with Crippen LogP contribution in [0.15, 0.2) is 94.6 Å². The monoisotopic (exact) mass is 481 g/mol. The van der Waals surface area contributed by atoms with E-state index in [4.69, 9.17) is 9.15 Å². The number of aliphatic hydroxyl groups excluding tert-OH is 1. The highest BCUT2D eigenvalue weighted by molar-refractivity contribution is 6.20. The molecule has 0 fully saturated rings. The lowest BCUT2D eigenvalue weighted by Gasteiger charge is -2.27. The van der Waals surface area contributed by atoms with E-state index in [1.165, 1.54) is 12.0 Å². The number of aryl methyl sites for hydroxylation is 1. The molecule has 0 spiro atoms. The number of ketones is 1. The molecule has 1 aliphatic rings. The molecule has 0 saturated carbocycles. The second-order valence-electron chi connectivity index (χ2n) is 8.65. The van der Waals surface area contributed by atoms with E-state index in [9.17, 15) is 19.5 Å². The third-order valence-electron chi connectivity index (χ3n) is 6.25. The number of esters is 1. The molecule has 2 heterocycles. The summed E-state index contributed by atoms with van der Waals surface area (Å²) in [5, 5.41) is 11.7. The average molecular weight is 482 g/mol. The largest absolute Gasteiger partial charge is 0.503 e. The number of carbonyl (C=O) groups is 3. The van der Waals surface area contributed by atoms with Crippen LogP contribution in [0.4, 0.5) is 5.69 Å². The summed E-state index contributed by atoms with van der Waals surface area (Å²) in [7, 11) is 1.32. The Bertz CT molecular complexity index is 1500. The Labute approximate surface area is 207 Å². The smallest absolute Gasteiger partial charge is 0.309 e. The molecule has 0 radical (unpaired) electrons. The van der Waals surface area contributed by atoms with Gasteiger partial charge in [0, 0.05) is 11.1 Å². The van der Waals surface area contributed by atoms with Crippen LogP contribution in [-0.4, -0.2) is 29.9 Å². The number of fused-ring (bicyclic) bond motifs is 1. The SMILES string of the molecule is COC(=O)Cc1ccc(N2C(=O)C(O)=C(C(=O)c3cc4ccccc4o3)C2c2cccc(C)c2)cc1. The molecular weight excluding hydrogens is 458 g/mol. The van der Waals surface area contributed by atoms with E-state index in [2.05, 4.69) is 0 Å². The number of nitrogens with zero attached hydrogens (tertiary/aromatic N) is 1. The molecule has 7 nitrogen and oxygen atoms in total. The first-order chi connectivity index (χ1) is 17.4. The van der Waals surface area contributed by atoms with E-state index in [-0.39, 0.29) is 23.7 Å². The van der Waals surface area contributed by atoms with E-state index < -0.39 is 23.5 Å². The van der Waals surface area contributed by atoms with Crippen LogP contribution in [-0.2, 0) is 20.7 Å². The number of carbonyl (C=O) groups excluding carboxylic acids is 3. The molecule has 1 unspecified atom stereocenters. The Kier molecular flexibility index (Phi) is 5.90. The summed E-state index contributed by atoms with van der Waals surface area (Å²) in [6, 6.07) is 22.2. The summed E-state index contributed by atoms with van der Waals surface area (Å²) in [6.07, 6.45) is 0.0886. The third-order valence-corrected chi connectivity index (χ3v) is 6.25. The average Bonchev–Trinajstić information content (AvgIpc) is 3.43. The molecule has 1 atom stereocenters. The highest BCUT2D eigenvalue weighted by Gasteiger charge is 2.45. The van der Waals surface area contributed by atoms with Gasteiger partial charge in [-0.25, -0.2) is 0 Å². The molecule has 7 heteroatoms. The first kappa shape index (κ1) is 23.1. The molecule has 1 N–H and O–H groups in total. The van der Waals surface area contributed by atoms with Crippen molar-refractivity contribution in [3.8, 4) is 0 Å². The Morgan fingerprint density at radius 2 is 1.75 bits per heavy atom. The van der Waals surface area contributed by atoms with Crippen LogP contribution in [0.1, 0.15) is 33.3 Å². The minimum absolute atomic E-state index is 0.0403. The fourth-order valence-corrected chi connectivity index (χ4v) is 4.50. The van der Waals surface area contributed by atoms with Crippen LogP contribution in [0, 0.1) is 6.92 Å². The molecule has 1 amide bonds. The summed E-state index contributed by atoms with van der Waals surface area (Å²) < 4.78 is 10.5. The van der Waals surface area contributed by atoms with E-state index in [1.807, 2.05) is 43.3 Å². The summed E-state index contributed by atoms with van der Waals surface area (Å²) in [5.74, 6) is -2.21. The Hall–Kier alpha value is -4.65. The molecule has 5 rings (SSSR count). The zero-order valence-corrected chi connectivity index (χ0v) is 19.7. The van der Waals surface area contributed by atoms with Gasteiger partial charge in [0.15, 0.2) is 11.5 Å². The van der Waals surface area contributed by atoms with Crippen molar-refractivity contribution in [1.82, 2.24) is 0 Å². The molecule has 1 aliphatic heterocycles. The van der Waals surface area contributed by atoms with Crippen molar-refractivity contribution in [2.45, 2.75) is 19.4 Å². The first-order valence-corrected chi connectivity index (χ1v) is 11.4. The van der Waals surface area contributed by atoms with Gasteiger partial charge in [-0.05, 0) is 42.3 Å². The number of aliphatic hydroxyl groups is 1. The van der Waals surface area contributed by atoms with Gasteiger partial charge in [-0.3, -0.25) is 19.3 Å². The minimum atomic E-state index is -0.871. The van der Waals surface area contributed by atoms with Crippen molar-refractivity contribution < 1.29 is 28.6 Å².